The van der Waals surface area contributed by atoms with Crippen LogP contribution in [0.4, 0.5) is 5.82 Å². The zero-order valence-corrected chi connectivity index (χ0v) is 15.7. The smallest absolute Gasteiger partial charge is 0.215 e. The van der Waals surface area contributed by atoms with Crippen LogP contribution in [0.25, 0.3) is 11.0 Å². The number of ether oxygens (including phenoxy) is 1. The molecule has 1 unspecified atom stereocenters. The highest BCUT2D eigenvalue weighted by atomic mass is 16.5. The Bertz CT molecular complexity index is 674. The van der Waals surface area contributed by atoms with Crippen molar-refractivity contribution in [3.05, 3.63) is 12.1 Å². The summed E-state index contributed by atoms with van der Waals surface area (Å²) in [5, 5.41) is 12.6. The van der Waals surface area contributed by atoms with Crippen LogP contribution in [0.3, 0.4) is 0 Å². The van der Waals surface area contributed by atoms with Crippen LogP contribution in [0.2, 0.25) is 0 Å². The van der Waals surface area contributed by atoms with Crippen LogP contribution in [0, 0.1) is 5.92 Å². The standard InChI is InChI=1S/C19H31N5O/c1-4-15(5-2)25-17-9-8-16-18(23-24(3)19(16)22-17)21-12-10-14-7-6-11-20-13-14/h8-9,14-15,20H,4-7,10-13H2,1-3H3,(H,21,23). The van der Waals surface area contributed by atoms with Crippen molar-refractivity contribution in [2.75, 3.05) is 25.0 Å². The second-order valence-electron chi connectivity index (χ2n) is 6.98. The SMILES string of the molecule is CCC(CC)Oc1ccc2c(NCCC3CCCNC3)nn(C)c2n1. The maximum atomic E-state index is 5.97. The Kier molecular flexibility index (Phi) is 6.13. The number of pyridine rings is 1. The molecule has 0 spiro atoms. The number of nitrogens with zero attached hydrogens (tertiary/aromatic N) is 3. The molecule has 1 saturated heterocycles. The van der Waals surface area contributed by atoms with Gasteiger partial charge in [0.2, 0.25) is 5.88 Å². The molecular formula is C19H31N5O. The zero-order chi connectivity index (χ0) is 17.6. The number of rotatable bonds is 8. The number of hydrogen-bond donors (Lipinski definition) is 2. The van der Waals surface area contributed by atoms with Crippen LogP contribution >= 0.6 is 0 Å². The lowest BCUT2D eigenvalue weighted by Gasteiger charge is -2.22. The fourth-order valence-corrected chi connectivity index (χ4v) is 3.50. The van der Waals surface area contributed by atoms with Gasteiger partial charge in [0.1, 0.15) is 0 Å². The maximum Gasteiger partial charge on any atom is 0.215 e. The molecule has 1 atom stereocenters. The molecule has 0 radical (unpaired) electrons. The lowest BCUT2D eigenvalue weighted by atomic mass is 9.96. The lowest BCUT2D eigenvalue weighted by Crippen LogP contribution is -2.30. The summed E-state index contributed by atoms with van der Waals surface area (Å²) < 4.78 is 7.80. The summed E-state index contributed by atoms with van der Waals surface area (Å²) in [6.45, 7) is 7.54. The predicted molar refractivity (Wildman–Crippen MR) is 102 cm³/mol. The van der Waals surface area contributed by atoms with Crippen molar-refractivity contribution in [3.63, 3.8) is 0 Å². The van der Waals surface area contributed by atoms with Crippen LogP contribution < -0.4 is 15.4 Å². The highest BCUT2D eigenvalue weighted by Crippen LogP contribution is 2.25. The molecule has 0 bridgehead atoms. The summed E-state index contributed by atoms with van der Waals surface area (Å²) in [5.41, 5.74) is 0.866. The van der Waals surface area contributed by atoms with Crippen molar-refractivity contribution in [3.8, 4) is 5.88 Å². The number of piperidine rings is 1. The summed E-state index contributed by atoms with van der Waals surface area (Å²) in [7, 11) is 1.94. The van der Waals surface area contributed by atoms with Gasteiger partial charge in [-0.3, -0.25) is 0 Å². The van der Waals surface area contributed by atoms with Gasteiger partial charge in [-0.15, -0.1) is 0 Å². The van der Waals surface area contributed by atoms with E-state index in [4.69, 9.17) is 4.74 Å². The molecule has 2 N–H and O–H groups in total. The van der Waals surface area contributed by atoms with Crippen LogP contribution in [-0.4, -0.2) is 40.5 Å². The average Bonchev–Trinajstić information content (AvgIpc) is 2.96. The van der Waals surface area contributed by atoms with Gasteiger partial charge in [0, 0.05) is 19.7 Å². The second kappa shape index (κ2) is 8.52. The van der Waals surface area contributed by atoms with E-state index in [-0.39, 0.29) is 6.10 Å². The molecule has 1 fully saturated rings. The summed E-state index contributed by atoms with van der Waals surface area (Å²) in [4.78, 5) is 4.66. The third kappa shape index (κ3) is 4.42. The molecular weight excluding hydrogens is 314 g/mol. The normalized spacial score (nSPS) is 18.0. The van der Waals surface area contributed by atoms with Crippen LogP contribution in [0.5, 0.6) is 5.88 Å². The molecule has 2 aromatic heterocycles. The number of aromatic nitrogens is 3. The minimum atomic E-state index is 0.222. The third-order valence-corrected chi connectivity index (χ3v) is 5.10. The van der Waals surface area contributed by atoms with Crippen LogP contribution in [0.15, 0.2) is 12.1 Å². The first-order valence-electron chi connectivity index (χ1n) is 9.66. The molecule has 25 heavy (non-hydrogen) atoms. The molecule has 0 aromatic carbocycles. The van der Waals surface area contributed by atoms with Crippen molar-refractivity contribution in [1.29, 1.82) is 0 Å². The molecule has 0 saturated carbocycles. The molecule has 6 heteroatoms. The number of anilines is 1. The Balaban J connectivity index is 1.65. The second-order valence-corrected chi connectivity index (χ2v) is 6.98. The maximum absolute atomic E-state index is 5.97. The molecule has 1 aliphatic rings. The van der Waals surface area contributed by atoms with Crippen molar-refractivity contribution in [2.45, 2.75) is 52.1 Å². The van der Waals surface area contributed by atoms with E-state index in [2.05, 4.69) is 40.6 Å². The molecule has 6 nitrogen and oxygen atoms in total. The van der Waals surface area contributed by atoms with Crippen molar-refractivity contribution >= 4 is 16.9 Å². The minimum absolute atomic E-state index is 0.222. The van der Waals surface area contributed by atoms with Crippen LogP contribution in [0.1, 0.15) is 46.0 Å². The largest absolute Gasteiger partial charge is 0.474 e. The fraction of sp³-hybridized carbons (Fsp3) is 0.684. The molecule has 2 aromatic rings. The Morgan fingerprint density at radius 1 is 1.36 bits per heavy atom. The molecule has 1 aliphatic heterocycles. The Labute approximate surface area is 150 Å². The fourth-order valence-electron chi connectivity index (χ4n) is 3.50. The number of nitrogens with one attached hydrogen (secondary N) is 2. The van der Waals surface area contributed by atoms with Crippen molar-refractivity contribution < 1.29 is 4.74 Å². The molecule has 0 amide bonds. The number of fused-ring (bicyclic) bond motifs is 1. The van der Waals surface area contributed by atoms with Gasteiger partial charge in [0.15, 0.2) is 11.5 Å². The van der Waals surface area contributed by atoms with Gasteiger partial charge in [-0.2, -0.15) is 10.1 Å². The first-order chi connectivity index (χ1) is 12.2. The van der Waals surface area contributed by atoms with Gasteiger partial charge in [-0.1, -0.05) is 13.8 Å². The first kappa shape index (κ1) is 18.0. The van der Waals surface area contributed by atoms with Gasteiger partial charge in [0.25, 0.3) is 0 Å². The molecule has 0 aliphatic carbocycles. The monoisotopic (exact) mass is 345 g/mol. The van der Waals surface area contributed by atoms with Gasteiger partial charge >= 0.3 is 0 Å². The Hall–Kier alpha value is -1.82. The Morgan fingerprint density at radius 3 is 2.92 bits per heavy atom. The zero-order valence-electron chi connectivity index (χ0n) is 15.7. The Morgan fingerprint density at radius 2 is 2.20 bits per heavy atom. The van der Waals surface area contributed by atoms with E-state index in [1.807, 2.05) is 17.8 Å². The number of hydrogen-bond acceptors (Lipinski definition) is 5. The number of aryl methyl sites for hydroxylation is 1. The van der Waals surface area contributed by atoms with E-state index in [9.17, 15) is 0 Å². The summed E-state index contributed by atoms with van der Waals surface area (Å²) in [5.74, 6) is 2.38. The van der Waals surface area contributed by atoms with E-state index in [0.29, 0.717) is 5.88 Å². The van der Waals surface area contributed by atoms with E-state index < -0.39 is 0 Å². The third-order valence-electron chi connectivity index (χ3n) is 5.10. The quantitative estimate of drug-likeness (QED) is 0.768. The molecule has 3 heterocycles. The van der Waals surface area contributed by atoms with Gasteiger partial charge in [-0.25, -0.2) is 4.68 Å². The van der Waals surface area contributed by atoms with Gasteiger partial charge in [-0.05, 0) is 57.2 Å². The highest BCUT2D eigenvalue weighted by Gasteiger charge is 2.15. The topological polar surface area (TPSA) is 64.0 Å². The summed E-state index contributed by atoms with van der Waals surface area (Å²) >= 11 is 0. The molecule has 138 valence electrons. The van der Waals surface area contributed by atoms with Crippen molar-refractivity contribution in [1.82, 2.24) is 20.1 Å². The lowest BCUT2D eigenvalue weighted by molar-refractivity contribution is 0.185. The minimum Gasteiger partial charge on any atom is -0.474 e. The van der Waals surface area contributed by atoms with E-state index in [1.165, 1.54) is 25.8 Å². The van der Waals surface area contributed by atoms with Crippen LogP contribution in [-0.2, 0) is 7.05 Å². The average molecular weight is 345 g/mol. The van der Waals surface area contributed by atoms with Gasteiger partial charge < -0.3 is 15.4 Å². The van der Waals surface area contributed by atoms with E-state index in [0.717, 1.165) is 48.7 Å². The predicted octanol–water partition coefficient (Wildman–Crippen LogP) is 3.34. The van der Waals surface area contributed by atoms with Crippen molar-refractivity contribution in [2.24, 2.45) is 13.0 Å². The highest BCUT2D eigenvalue weighted by molar-refractivity contribution is 5.87. The van der Waals surface area contributed by atoms with Gasteiger partial charge in [0.05, 0.1) is 11.5 Å². The first-order valence-corrected chi connectivity index (χ1v) is 9.66. The van der Waals surface area contributed by atoms with E-state index >= 15 is 0 Å². The summed E-state index contributed by atoms with van der Waals surface area (Å²) in [6, 6.07) is 4.02. The molecule has 3 rings (SSSR count). The van der Waals surface area contributed by atoms with E-state index in [1.54, 1.807) is 0 Å². The summed E-state index contributed by atoms with van der Waals surface area (Å²) in [6.07, 6.45) is 6.00.